The second kappa shape index (κ2) is 5.92. The summed E-state index contributed by atoms with van der Waals surface area (Å²) in [5.74, 6) is 1.01. The molecule has 0 aromatic rings. The van der Waals surface area contributed by atoms with Gasteiger partial charge in [-0.3, -0.25) is 4.90 Å². The third-order valence-corrected chi connectivity index (χ3v) is 6.35. The smallest absolute Gasteiger partial charge is 0.0472 e. The molecule has 3 rings (SSSR count). The van der Waals surface area contributed by atoms with Crippen molar-refractivity contribution in [2.24, 2.45) is 5.41 Å². The van der Waals surface area contributed by atoms with E-state index in [1.807, 2.05) is 0 Å². The molecule has 0 N–H and O–H groups in total. The van der Waals surface area contributed by atoms with E-state index in [1.54, 1.807) is 0 Å². The Labute approximate surface area is 123 Å². The van der Waals surface area contributed by atoms with Gasteiger partial charge in [-0.05, 0) is 56.9 Å². The first kappa shape index (κ1) is 14.2. The Bertz CT molecular complexity index is 307. The van der Waals surface area contributed by atoms with Crippen molar-refractivity contribution < 1.29 is 4.74 Å². The van der Waals surface area contributed by atoms with E-state index in [1.165, 1.54) is 51.7 Å². The predicted octanol–water partition coefficient (Wildman–Crippen LogP) is 1.88. The molecule has 0 aromatic heterocycles. The maximum Gasteiger partial charge on any atom is 0.0472 e. The zero-order chi connectivity index (χ0) is 13.3. The molecule has 3 heterocycles. The number of ether oxygens (including phenoxy) is 1. The minimum absolute atomic E-state index is 0.406. The highest BCUT2D eigenvalue weighted by atomic mass is 32.1. The van der Waals surface area contributed by atoms with Gasteiger partial charge in [0, 0.05) is 38.4 Å². The summed E-state index contributed by atoms with van der Waals surface area (Å²) in [7, 11) is 2.33. The molecule has 2 unspecified atom stereocenters. The SMILES string of the molecule is CN1C2CCC1CN(CC1(CS)CCOCC1)CC2. The van der Waals surface area contributed by atoms with E-state index in [0.29, 0.717) is 5.41 Å². The van der Waals surface area contributed by atoms with Crippen LogP contribution in [-0.4, -0.2) is 67.5 Å². The van der Waals surface area contributed by atoms with Crippen LogP contribution in [-0.2, 0) is 4.74 Å². The maximum atomic E-state index is 5.55. The van der Waals surface area contributed by atoms with Crippen LogP contribution in [0.1, 0.15) is 32.1 Å². The van der Waals surface area contributed by atoms with Crippen molar-refractivity contribution in [1.29, 1.82) is 0 Å². The second-order valence-electron chi connectivity index (χ2n) is 6.84. The Kier molecular flexibility index (Phi) is 4.42. The van der Waals surface area contributed by atoms with Crippen molar-refractivity contribution in [2.75, 3.05) is 45.6 Å². The number of hydrogen-bond donors (Lipinski definition) is 1. The third-order valence-electron chi connectivity index (χ3n) is 5.68. The molecule has 0 saturated carbocycles. The van der Waals surface area contributed by atoms with Gasteiger partial charge in [-0.1, -0.05) is 0 Å². The maximum absolute atomic E-state index is 5.55. The fraction of sp³-hybridized carbons (Fsp3) is 1.00. The number of rotatable bonds is 3. The molecule has 3 aliphatic heterocycles. The summed E-state index contributed by atoms with van der Waals surface area (Å²) in [5.41, 5.74) is 0.406. The van der Waals surface area contributed by atoms with E-state index in [2.05, 4.69) is 29.5 Å². The van der Waals surface area contributed by atoms with Gasteiger partial charge >= 0.3 is 0 Å². The molecule has 0 aliphatic carbocycles. The topological polar surface area (TPSA) is 15.7 Å². The van der Waals surface area contributed by atoms with E-state index in [9.17, 15) is 0 Å². The molecule has 0 spiro atoms. The quantitative estimate of drug-likeness (QED) is 0.797. The molecule has 110 valence electrons. The van der Waals surface area contributed by atoms with Crippen LogP contribution < -0.4 is 0 Å². The summed E-state index contributed by atoms with van der Waals surface area (Å²) in [6.07, 6.45) is 6.55. The van der Waals surface area contributed by atoms with Crippen LogP contribution in [0.25, 0.3) is 0 Å². The van der Waals surface area contributed by atoms with Crippen LogP contribution in [0.4, 0.5) is 0 Å². The molecule has 2 bridgehead atoms. The first-order valence-corrected chi connectivity index (χ1v) is 8.49. The third kappa shape index (κ3) is 2.97. The fourth-order valence-corrected chi connectivity index (χ4v) is 4.58. The summed E-state index contributed by atoms with van der Waals surface area (Å²) >= 11 is 4.66. The fourth-order valence-electron chi connectivity index (χ4n) is 4.17. The van der Waals surface area contributed by atoms with Crippen molar-refractivity contribution in [2.45, 2.75) is 44.2 Å². The van der Waals surface area contributed by atoms with Crippen molar-refractivity contribution in [3.05, 3.63) is 0 Å². The van der Waals surface area contributed by atoms with Gasteiger partial charge in [0.15, 0.2) is 0 Å². The van der Waals surface area contributed by atoms with Gasteiger partial charge < -0.3 is 9.64 Å². The average Bonchev–Trinajstić information content (AvgIpc) is 2.68. The van der Waals surface area contributed by atoms with Gasteiger partial charge in [0.05, 0.1) is 0 Å². The van der Waals surface area contributed by atoms with Crippen LogP contribution in [0.3, 0.4) is 0 Å². The predicted molar refractivity (Wildman–Crippen MR) is 82.0 cm³/mol. The molecule has 3 nitrogen and oxygen atoms in total. The van der Waals surface area contributed by atoms with Crippen LogP contribution >= 0.6 is 12.6 Å². The number of nitrogens with zero attached hydrogens (tertiary/aromatic N) is 2. The van der Waals surface area contributed by atoms with Crippen molar-refractivity contribution in [3.8, 4) is 0 Å². The van der Waals surface area contributed by atoms with Crippen LogP contribution in [0.15, 0.2) is 0 Å². The first-order chi connectivity index (χ1) is 9.22. The van der Waals surface area contributed by atoms with Gasteiger partial charge in [0.25, 0.3) is 0 Å². The lowest BCUT2D eigenvalue weighted by atomic mass is 9.81. The Morgan fingerprint density at radius 1 is 1.16 bits per heavy atom. The summed E-state index contributed by atoms with van der Waals surface area (Å²) in [6.45, 7) is 5.64. The highest BCUT2D eigenvalue weighted by molar-refractivity contribution is 7.80. The van der Waals surface area contributed by atoms with E-state index in [4.69, 9.17) is 4.74 Å². The van der Waals surface area contributed by atoms with E-state index in [-0.39, 0.29) is 0 Å². The van der Waals surface area contributed by atoms with E-state index >= 15 is 0 Å². The van der Waals surface area contributed by atoms with Gasteiger partial charge in [-0.25, -0.2) is 0 Å². The minimum Gasteiger partial charge on any atom is -0.381 e. The Morgan fingerprint density at radius 3 is 2.63 bits per heavy atom. The molecule has 0 amide bonds. The lowest BCUT2D eigenvalue weighted by molar-refractivity contribution is 0.00656. The molecule has 0 radical (unpaired) electrons. The van der Waals surface area contributed by atoms with Crippen molar-refractivity contribution >= 4 is 12.6 Å². The van der Waals surface area contributed by atoms with Crippen LogP contribution in [0.2, 0.25) is 0 Å². The van der Waals surface area contributed by atoms with Crippen LogP contribution in [0.5, 0.6) is 0 Å². The van der Waals surface area contributed by atoms with Gasteiger partial charge in [-0.2, -0.15) is 12.6 Å². The highest BCUT2D eigenvalue weighted by Crippen LogP contribution is 2.35. The molecule has 4 heteroatoms. The first-order valence-electron chi connectivity index (χ1n) is 7.85. The van der Waals surface area contributed by atoms with E-state index < -0.39 is 0 Å². The van der Waals surface area contributed by atoms with Gasteiger partial charge in [-0.15, -0.1) is 0 Å². The molecular formula is C15H28N2OS. The molecule has 19 heavy (non-hydrogen) atoms. The average molecular weight is 284 g/mol. The van der Waals surface area contributed by atoms with E-state index in [0.717, 1.165) is 31.1 Å². The summed E-state index contributed by atoms with van der Waals surface area (Å²) < 4.78 is 5.55. The molecule has 0 aromatic carbocycles. The lowest BCUT2D eigenvalue weighted by Gasteiger charge is -2.40. The van der Waals surface area contributed by atoms with Crippen molar-refractivity contribution in [3.63, 3.8) is 0 Å². The van der Waals surface area contributed by atoms with Gasteiger partial charge in [0.2, 0.25) is 0 Å². The highest BCUT2D eigenvalue weighted by Gasteiger charge is 2.38. The number of thiol groups is 1. The zero-order valence-electron chi connectivity index (χ0n) is 12.2. The number of likely N-dealkylation sites (tertiary alicyclic amines) is 1. The van der Waals surface area contributed by atoms with Crippen molar-refractivity contribution in [1.82, 2.24) is 9.80 Å². The molecule has 2 atom stereocenters. The zero-order valence-corrected chi connectivity index (χ0v) is 13.1. The molecule has 3 saturated heterocycles. The molecule has 3 aliphatic rings. The normalized spacial score (nSPS) is 36.3. The largest absolute Gasteiger partial charge is 0.381 e. The lowest BCUT2D eigenvalue weighted by Crippen LogP contribution is -2.45. The Hall–Kier alpha value is 0.230. The summed E-state index contributed by atoms with van der Waals surface area (Å²) in [6, 6.07) is 1.64. The second-order valence-corrected chi connectivity index (χ2v) is 7.16. The van der Waals surface area contributed by atoms with Crippen LogP contribution in [0, 0.1) is 5.41 Å². The number of likely N-dealkylation sites (N-methyl/N-ethyl adjacent to an activating group) is 1. The summed E-state index contributed by atoms with van der Waals surface area (Å²) in [4.78, 5) is 5.36. The Balaban J connectivity index is 1.62. The molecular weight excluding hydrogens is 256 g/mol. The molecule has 3 fully saturated rings. The number of fused-ring (bicyclic) bond motifs is 2. The summed E-state index contributed by atoms with van der Waals surface area (Å²) in [5, 5.41) is 0. The van der Waals surface area contributed by atoms with Gasteiger partial charge in [0.1, 0.15) is 0 Å². The Morgan fingerprint density at radius 2 is 1.89 bits per heavy atom. The standard InChI is InChI=1S/C15H28N2OS/c1-16-13-2-3-14(16)10-17(7-4-13)11-15(12-19)5-8-18-9-6-15/h13-14,19H,2-12H2,1H3. The minimum atomic E-state index is 0.406. The monoisotopic (exact) mass is 284 g/mol. The number of hydrogen-bond acceptors (Lipinski definition) is 4.